The molecule has 3 rings (SSSR count). The Labute approximate surface area is 139 Å². The summed E-state index contributed by atoms with van der Waals surface area (Å²) in [6.45, 7) is 10.9. The van der Waals surface area contributed by atoms with E-state index in [0.717, 1.165) is 11.7 Å². The largest absolute Gasteiger partial charge is 0.300 e. The summed E-state index contributed by atoms with van der Waals surface area (Å²) in [5.74, 6) is 2.53. The maximum absolute atomic E-state index is 4.70. The lowest BCUT2D eigenvalue weighted by atomic mass is 10.0. The molecular formula is C21H26N2. The summed E-state index contributed by atoms with van der Waals surface area (Å²) in [4.78, 5) is 4.70. The summed E-state index contributed by atoms with van der Waals surface area (Å²) in [5, 5.41) is 0. The van der Waals surface area contributed by atoms with Crippen molar-refractivity contribution in [3.8, 4) is 11.4 Å². The van der Waals surface area contributed by atoms with Crippen LogP contribution in [0.2, 0.25) is 0 Å². The van der Waals surface area contributed by atoms with E-state index in [-0.39, 0.29) is 0 Å². The second-order valence-electron chi connectivity index (χ2n) is 6.85. The van der Waals surface area contributed by atoms with E-state index in [0.29, 0.717) is 5.92 Å². The normalized spacial score (nSPS) is 20.5. The van der Waals surface area contributed by atoms with E-state index in [1.54, 1.807) is 0 Å². The van der Waals surface area contributed by atoms with Crippen LogP contribution < -0.4 is 0 Å². The summed E-state index contributed by atoms with van der Waals surface area (Å²) in [5.41, 5.74) is 6.55. The standard InChI is InChI=1S/C21H26N2/c1-6-15(4)20(14(2)3)23-12-11-22-21(23)18-10-8-7-9-17(18)19-13-16(19)5/h6-12,16,19H,13H2,1-5H3/b15-6-. The molecule has 0 aliphatic heterocycles. The molecule has 2 heteroatoms. The lowest BCUT2D eigenvalue weighted by molar-refractivity contribution is 0.913. The molecule has 1 aromatic carbocycles. The van der Waals surface area contributed by atoms with Crippen molar-refractivity contribution < 1.29 is 0 Å². The van der Waals surface area contributed by atoms with Gasteiger partial charge in [0.15, 0.2) is 0 Å². The van der Waals surface area contributed by atoms with Crippen LogP contribution in [0.4, 0.5) is 0 Å². The van der Waals surface area contributed by atoms with E-state index in [4.69, 9.17) is 4.98 Å². The van der Waals surface area contributed by atoms with Crippen molar-refractivity contribution in [1.82, 2.24) is 9.55 Å². The third-order valence-corrected chi connectivity index (χ3v) is 4.87. The zero-order valence-corrected chi connectivity index (χ0v) is 14.8. The fraction of sp³-hybridized carbons (Fsp3) is 0.381. The van der Waals surface area contributed by atoms with Gasteiger partial charge in [-0.15, -0.1) is 0 Å². The Morgan fingerprint density at radius 3 is 2.52 bits per heavy atom. The van der Waals surface area contributed by atoms with Crippen molar-refractivity contribution in [2.75, 3.05) is 0 Å². The predicted molar refractivity (Wildman–Crippen MR) is 98.2 cm³/mol. The Hall–Kier alpha value is -2.09. The number of rotatable bonds is 4. The number of allylic oxidation sites excluding steroid dienone is 4. The highest BCUT2D eigenvalue weighted by Crippen LogP contribution is 2.49. The fourth-order valence-electron chi connectivity index (χ4n) is 3.42. The first kappa shape index (κ1) is 15.8. The van der Waals surface area contributed by atoms with Crippen molar-refractivity contribution in [3.63, 3.8) is 0 Å². The highest BCUT2D eigenvalue weighted by atomic mass is 15.1. The van der Waals surface area contributed by atoms with Crippen LogP contribution in [-0.4, -0.2) is 9.55 Å². The van der Waals surface area contributed by atoms with Crippen molar-refractivity contribution in [1.29, 1.82) is 0 Å². The second kappa shape index (κ2) is 6.19. The summed E-state index contributed by atoms with van der Waals surface area (Å²) < 4.78 is 2.25. The molecule has 2 nitrogen and oxygen atoms in total. The van der Waals surface area contributed by atoms with Crippen molar-refractivity contribution in [3.05, 3.63) is 59.4 Å². The molecule has 1 fully saturated rings. The summed E-state index contributed by atoms with van der Waals surface area (Å²) in [6, 6.07) is 8.76. The first-order chi connectivity index (χ1) is 11.0. The second-order valence-corrected chi connectivity index (χ2v) is 6.85. The Balaban J connectivity index is 2.15. The average Bonchev–Trinajstić information content (AvgIpc) is 3.08. The SMILES string of the molecule is C/C=C(/C)C(=C(C)C)n1ccnc1-c1ccccc1C1CC1C. The van der Waals surface area contributed by atoms with Gasteiger partial charge in [-0.3, -0.25) is 4.57 Å². The topological polar surface area (TPSA) is 17.8 Å². The van der Waals surface area contributed by atoms with E-state index in [9.17, 15) is 0 Å². The summed E-state index contributed by atoms with van der Waals surface area (Å²) in [7, 11) is 0. The predicted octanol–water partition coefficient (Wildman–Crippen LogP) is 5.89. The van der Waals surface area contributed by atoms with Gasteiger partial charge in [0, 0.05) is 23.7 Å². The molecule has 2 atom stereocenters. The number of hydrogen-bond acceptors (Lipinski definition) is 1. The molecule has 2 aromatic rings. The van der Waals surface area contributed by atoms with Crippen LogP contribution >= 0.6 is 0 Å². The quantitative estimate of drug-likeness (QED) is 0.644. The Bertz CT molecular complexity index is 773. The van der Waals surface area contributed by atoms with Crippen LogP contribution in [0.15, 0.2) is 53.9 Å². The van der Waals surface area contributed by atoms with Crippen molar-refractivity contribution in [2.45, 2.75) is 47.0 Å². The maximum atomic E-state index is 4.70. The molecule has 0 amide bonds. The molecular weight excluding hydrogens is 280 g/mol. The van der Waals surface area contributed by atoms with Crippen LogP contribution in [0.5, 0.6) is 0 Å². The highest BCUT2D eigenvalue weighted by Gasteiger charge is 2.36. The molecule has 1 aliphatic rings. The van der Waals surface area contributed by atoms with Gasteiger partial charge in [-0.1, -0.05) is 42.8 Å². The van der Waals surface area contributed by atoms with Crippen molar-refractivity contribution in [2.24, 2.45) is 5.92 Å². The first-order valence-electron chi connectivity index (χ1n) is 8.48. The van der Waals surface area contributed by atoms with E-state index >= 15 is 0 Å². The smallest absolute Gasteiger partial charge is 0.144 e. The lowest BCUT2D eigenvalue weighted by Gasteiger charge is -2.17. The number of imidazole rings is 1. The molecule has 1 aliphatic carbocycles. The van der Waals surface area contributed by atoms with E-state index in [2.05, 4.69) is 75.7 Å². The summed E-state index contributed by atoms with van der Waals surface area (Å²) in [6.07, 6.45) is 7.45. The third kappa shape index (κ3) is 2.90. The average molecular weight is 306 g/mol. The molecule has 1 aromatic heterocycles. The van der Waals surface area contributed by atoms with Gasteiger partial charge in [0.25, 0.3) is 0 Å². The van der Waals surface area contributed by atoms with Gasteiger partial charge >= 0.3 is 0 Å². The maximum Gasteiger partial charge on any atom is 0.144 e. The molecule has 23 heavy (non-hydrogen) atoms. The molecule has 0 N–H and O–H groups in total. The number of hydrogen-bond donors (Lipinski definition) is 0. The molecule has 0 spiro atoms. The van der Waals surface area contributed by atoms with Gasteiger partial charge in [-0.2, -0.15) is 0 Å². The van der Waals surface area contributed by atoms with Gasteiger partial charge in [-0.25, -0.2) is 4.98 Å². The monoisotopic (exact) mass is 306 g/mol. The van der Waals surface area contributed by atoms with Gasteiger partial charge in [-0.05, 0) is 57.1 Å². The number of nitrogens with zero attached hydrogens (tertiary/aromatic N) is 2. The van der Waals surface area contributed by atoms with Gasteiger partial charge in [0.05, 0.1) is 0 Å². The van der Waals surface area contributed by atoms with E-state index in [1.807, 2.05) is 6.20 Å². The fourth-order valence-corrected chi connectivity index (χ4v) is 3.42. The molecule has 1 heterocycles. The van der Waals surface area contributed by atoms with Crippen LogP contribution in [0.3, 0.4) is 0 Å². The molecule has 0 radical (unpaired) electrons. The molecule has 2 unspecified atom stereocenters. The van der Waals surface area contributed by atoms with Crippen LogP contribution in [0.25, 0.3) is 17.1 Å². The van der Waals surface area contributed by atoms with Crippen LogP contribution in [0.1, 0.15) is 52.5 Å². The van der Waals surface area contributed by atoms with Gasteiger partial charge < -0.3 is 0 Å². The number of benzene rings is 1. The van der Waals surface area contributed by atoms with Crippen LogP contribution in [-0.2, 0) is 0 Å². The molecule has 1 saturated carbocycles. The minimum absolute atomic E-state index is 0.689. The number of aromatic nitrogens is 2. The third-order valence-electron chi connectivity index (χ3n) is 4.87. The summed E-state index contributed by atoms with van der Waals surface area (Å²) >= 11 is 0. The molecule has 0 saturated heterocycles. The minimum atomic E-state index is 0.689. The zero-order valence-electron chi connectivity index (χ0n) is 14.8. The van der Waals surface area contributed by atoms with Gasteiger partial charge in [0.1, 0.15) is 5.82 Å². The lowest BCUT2D eigenvalue weighted by Crippen LogP contribution is -2.03. The first-order valence-corrected chi connectivity index (χ1v) is 8.48. The zero-order chi connectivity index (χ0) is 16.6. The molecule has 120 valence electrons. The highest BCUT2D eigenvalue weighted by molar-refractivity contribution is 5.73. The Morgan fingerprint density at radius 2 is 1.91 bits per heavy atom. The Morgan fingerprint density at radius 1 is 1.22 bits per heavy atom. The van der Waals surface area contributed by atoms with E-state index in [1.165, 1.54) is 34.4 Å². The van der Waals surface area contributed by atoms with Crippen molar-refractivity contribution >= 4 is 5.70 Å². The Kier molecular flexibility index (Phi) is 4.25. The van der Waals surface area contributed by atoms with Crippen LogP contribution in [0, 0.1) is 5.92 Å². The minimum Gasteiger partial charge on any atom is -0.300 e. The molecule has 0 bridgehead atoms. The van der Waals surface area contributed by atoms with Gasteiger partial charge in [0.2, 0.25) is 0 Å². The van der Waals surface area contributed by atoms with E-state index < -0.39 is 0 Å².